The molecule has 178 valence electrons. The minimum atomic E-state index is -0.765. The number of aliphatic hydroxyl groups excluding tert-OH is 3. The van der Waals surface area contributed by atoms with Gasteiger partial charge in [-0.05, 0) is 73.9 Å². The fourth-order valence-electron chi connectivity index (χ4n) is 6.29. The van der Waals surface area contributed by atoms with E-state index in [1.54, 1.807) is 14.2 Å². The molecular weight excluding hydrogens is 418 g/mol. The lowest BCUT2D eigenvalue weighted by atomic mass is 9.78. The molecule has 3 aliphatic heterocycles. The Morgan fingerprint density at radius 2 is 1.58 bits per heavy atom. The molecule has 3 N–H and O–H groups in total. The predicted molar refractivity (Wildman–Crippen MR) is 127 cm³/mol. The Morgan fingerprint density at radius 1 is 0.848 bits per heavy atom. The molecule has 6 atom stereocenters. The molecule has 0 saturated carbocycles. The van der Waals surface area contributed by atoms with Crippen LogP contribution in [0.4, 0.5) is 0 Å². The monoisotopic (exact) mass is 453 g/mol. The van der Waals surface area contributed by atoms with Crippen LogP contribution in [0.1, 0.15) is 55.7 Å². The standard InChI is InChI=1S/C27H35NO5/c1-32-25-10-7-16-6-9-19(29)14-18-4-3-5-22-27(31)24(30)15-23(28(18)22)17-8-11-26(33-2)21(13-17)20(25)12-16/h7-8,10-13,18-19,22-24,27,29-31H,3-6,9,14-15H2,1-2H3/t18-,19-,22-,23-,24+,27+/m1/s1. The highest BCUT2D eigenvalue weighted by atomic mass is 16.5. The van der Waals surface area contributed by atoms with Gasteiger partial charge in [0.1, 0.15) is 11.5 Å². The molecule has 2 saturated heterocycles. The molecule has 0 radical (unpaired) electrons. The number of hydrogen-bond acceptors (Lipinski definition) is 6. The highest BCUT2D eigenvalue weighted by Gasteiger charge is 2.47. The second-order valence-electron chi connectivity index (χ2n) is 9.83. The van der Waals surface area contributed by atoms with E-state index in [2.05, 4.69) is 29.2 Å². The molecule has 3 heterocycles. The summed E-state index contributed by atoms with van der Waals surface area (Å²) in [6.45, 7) is 0. The maximum absolute atomic E-state index is 11.0. The number of benzene rings is 2. The van der Waals surface area contributed by atoms with Crippen molar-refractivity contribution < 1.29 is 24.8 Å². The number of ether oxygens (including phenoxy) is 2. The van der Waals surface area contributed by atoms with Gasteiger partial charge in [0, 0.05) is 29.3 Å². The zero-order chi connectivity index (χ0) is 23.1. The van der Waals surface area contributed by atoms with Crippen molar-refractivity contribution in [2.75, 3.05) is 14.2 Å². The van der Waals surface area contributed by atoms with Gasteiger partial charge in [-0.3, -0.25) is 4.90 Å². The Morgan fingerprint density at radius 3 is 2.33 bits per heavy atom. The van der Waals surface area contributed by atoms with Crippen molar-refractivity contribution >= 4 is 0 Å². The quantitative estimate of drug-likeness (QED) is 0.646. The van der Waals surface area contributed by atoms with Gasteiger partial charge in [0.25, 0.3) is 0 Å². The smallest absolute Gasteiger partial charge is 0.126 e. The van der Waals surface area contributed by atoms with Crippen LogP contribution in [0.5, 0.6) is 11.5 Å². The van der Waals surface area contributed by atoms with Crippen molar-refractivity contribution in [2.45, 2.75) is 81.4 Å². The number of aliphatic hydroxyl groups is 3. The maximum atomic E-state index is 11.0. The van der Waals surface area contributed by atoms with Crippen molar-refractivity contribution in [1.29, 1.82) is 0 Å². The van der Waals surface area contributed by atoms with Crippen molar-refractivity contribution in [2.24, 2.45) is 0 Å². The Hall–Kier alpha value is -2.12. The highest BCUT2D eigenvalue weighted by Crippen LogP contribution is 2.46. The number of rotatable bonds is 2. The minimum absolute atomic E-state index is 0.0366. The van der Waals surface area contributed by atoms with E-state index in [1.165, 1.54) is 0 Å². The zero-order valence-corrected chi connectivity index (χ0v) is 19.5. The molecule has 0 unspecified atom stereocenters. The van der Waals surface area contributed by atoms with E-state index in [-0.39, 0.29) is 18.1 Å². The number of aryl methyl sites for hydroxylation is 1. The van der Waals surface area contributed by atoms with Crippen molar-refractivity contribution in [3.63, 3.8) is 0 Å². The van der Waals surface area contributed by atoms with Gasteiger partial charge >= 0.3 is 0 Å². The average Bonchev–Trinajstić information content (AvgIpc) is 2.84. The normalized spacial score (nSPS) is 32.0. The second kappa shape index (κ2) is 9.26. The van der Waals surface area contributed by atoms with Gasteiger partial charge in [0.15, 0.2) is 0 Å². The molecule has 6 heteroatoms. The van der Waals surface area contributed by atoms with Crippen LogP contribution >= 0.6 is 0 Å². The summed E-state index contributed by atoms with van der Waals surface area (Å²) in [5.41, 5.74) is 4.17. The first-order chi connectivity index (χ1) is 16.0. The van der Waals surface area contributed by atoms with Gasteiger partial charge < -0.3 is 24.8 Å². The number of fused-ring (bicyclic) bond motifs is 6. The summed E-state index contributed by atoms with van der Waals surface area (Å²) in [7, 11) is 3.35. The third-order valence-electron chi connectivity index (χ3n) is 7.93. The molecule has 33 heavy (non-hydrogen) atoms. The Kier molecular flexibility index (Phi) is 6.36. The van der Waals surface area contributed by atoms with Gasteiger partial charge in [-0.15, -0.1) is 0 Å². The lowest BCUT2D eigenvalue weighted by Crippen LogP contribution is -2.61. The van der Waals surface area contributed by atoms with Gasteiger partial charge in [0.05, 0.1) is 32.5 Å². The van der Waals surface area contributed by atoms with Crippen molar-refractivity contribution in [3.8, 4) is 22.6 Å². The molecule has 2 aromatic rings. The van der Waals surface area contributed by atoms with E-state index in [0.29, 0.717) is 19.3 Å². The molecule has 0 spiro atoms. The number of piperidine rings is 2. The predicted octanol–water partition coefficient (Wildman–Crippen LogP) is 3.46. The van der Waals surface area contributed by atoms with Crippen LogP contribution in [-0.2, 0) is 6.42 Å². The van der Waals surface area contributed by atoms with Crippen LogP contribution < -0.4 is 9.47 Å². The minimum Gasteiger partial charge on any atom is -0.496 e. The summed E-state index contributed by atoms with van der Waals surface area (Å²) in [5, 5.41) is 32.6. The summed E-state index contributed by atoms with van der Waals surface area (Å²) >= 11 is 0. The fraction of sp³-hybridized carbons (Fsp3) is 0.556. The first-order valence-corrected chi connectivity index (χ1v) is 12.2. The molecule has 4 bridgehead atoms. The van der Waals surface area contributed by atoms with Crippen LogP contribution in [0, 0.1) is 0 Å². The van der Waals surface area contributed by atoms with Gasteiger partial charge in [-0.1, -0.05) is 18.6 Å². The fourth-order valence-corrected chi connectivity index (χ4v) is 6.29. The number of hydrogen-bond donors (Lipinski definition) is 3. The van der Waals surface area contributed by atoms with Gasteiger partial charge in [0.2, 0.25) is 0 Å². The van der Waals surface area contributed by atoms with Crippen LogP contribution in [0.2, 0.25) is 0 Å². The van der Waals surface area contributed by atoms with Crippen molar-refractivity contribution in [1.82, 2.24) is 4.90 Å². The molecule has 3 aliphatic rings. The largest absolute Gasteiger partial charge is 0.496 e. The summed E-state index contributed by atoms with van der Waals surface area (Å²) in [4.78, 5) is 2.40. The molecule has 0 amide bonds. The molecular formula is C27H35NO5. The van der Waals surface area contributed by atoms with E-state index >= 15 is 0 Å². The summed E-state index contributed by atoms with van der Waals surface area (Å²) in [6, 6.07) is 12.5. The summed E-state index contributed by atoms with van der Waals surface area (Å²) in [5.74, 6) is 1.55. The second-order valence-corrected chi connectivity index (χ2v) is 9.83. The van der Waals surface area contributed by atoms with Crippen LogP contribution in [-0.4, -0.2) is 64.8 Å². The highest BCUT2D eigenvalue weighted by molar-refractivity contribution is 5.77. The van der Waals surface area contributed by atoms with Crippen LogP contribution in [0.3, 0.4) is 0 Å². The molecule has 2 aromatic carbocycles. The molecule has 0 aromatic heterocycles. The van der Waals surface area contributed by atoms with E-state index in [0.717, 1.165) is 59.4 Å². The maximum Gasteiger partial charge on any atom is 0.126 e. The Balaban J connectivity index is 1.69. The summed E-state index contributed by atoms with van der Waals surface area (Å²) in [6.07, 6.45) is 3.53. The molecule has 2 fully saturated rings. The van der Waals surface area contributed by atoms with E-state index in [9.17, 15) is 15.3 Å². The molecule has 5 rings (SSSR count). The Labute approximate surface area is 195 Å². The number of methoxy groups -OCH3 is 2. The lowest BCUT2D eigenvalue weighted by molar-refractivity contribution is -0.134. The van der Waals surface area contributed by atoms with Crippen LogP contribution in [0.15, 0.2) is 36.4 Å². The first-order valence-electron chi connectivity index (χ1n) is 12.2. The Bertz CT molecular complexity index is 994. The lowest BCUT2D eigenvalue weighted by Gasteiger charge is -2.53. The first kappa shape index (κ1) is 22.7. The van der Waals surface area contributed by atoms with E-state index in [1.807, 2.05) is 12.1 Å². The van der Waals surface area contributed by atoms with Gasteiger partial charge in [-0.25, -0.2) is 0 Å². The average molecular weight is 454 g/mol. The molecule has 0 aliphatic carbocycles. The third-order valence-corrected chi connectivity index (χ3v) is 7.93. The summed E-state index contributed by atoms with van der Waals surface area (Å²) < 4.78 is 11.4. The number of nitrogens with zero attached hydrogens (tertiary/aromatic N) is 1. The van der Waals surface area contributed by atoms with Crippen molar-refractivity contribution in [3.05, 3.63) is 47.5 Å². The SMILES string of the molecule is COc1ccc2cc1-c1cc(ccc1OC)[C@H]1C[C@H](O)[C@@H](O)[C@H]3CCC[C@H](C[C@H](O)CC2)N13. The van der Waals surface area contributed by atoms with E-state index in [4.69, 9.17) is 9.47 Å². The molecule has 6 nitrogen and oxygen atoms in total. The van der Waals surface area contributed by atoms with E-state index < -0.39 is 18.3 Å². The topological polar surface area (TPSA) is 82.4 Å². The third kappa shape index (κ3) is 4.14. The van der Waals surface area contributed by atoms with Crippen LogP contribution in [0.25, 0.3) is 11.1 Å². The zero-order valence-electron chi connectivity index (χ0n) is 19.5. The van der Waals surface area contributed by atoms with Gasteiger partial charge in [-0.2, -0.15) is 0 Å².